The third kappa shape index (κ3) is 6.13. The Kier molecular flexibility index (Phi) is 8.15. The summed E-state index contributed by atoms with van der Waals surface area (Å²) in [6.45, 7) is 0. The van der Waals surface area contributed by atoms with E-state index in [1.807, 2.05) is 67.0 Å². The Bertz CT molecular complexity index is 1050. The van der Waals surface area contributed by atoms with Crippen molar-refractivity contribution in [3.8, 4) is 18.0 Å². The van der Waals surface area contributed by atoms with Gasteiger partial charge in [0.1, 0.15) is 0 Å². The molecule has 2 aromatic carbocycles. The summed E-state index contributed by atoms with van der Waals surface area (Å²) in [4.78, 5) is 14.6. The van der Waals surface area contributed by atoms with Crippen molar-refractivity contribution in [2.24, 2.45) is 4.99 Å². The number of rotatable bonds is 7. The van der Waals surface area contributed by atoms with Crippen LogP contribution in [0.1, 0.15) is 16.6 Å². The molecule has 0 amide bonds. The Morgan fingerprint density at radius 1 is 1.03 bits per heavy atom. The quantitative estimate of drug-likeness (QED) is 0.180. The maximum absolute atomic E-state index is 8.79. The van der Waals surface area contributed by atoms with E-state index in [-0.39, 0.29) is 5.25 Å². The smallest absolute Gasteiger partial charge is 0.220 e. The van der Waals surface area contributed by atoms with Gasteiger partial charge in [0.25, 0.3) is 0 Å². The van der Waals surface area contributed by atoms with Gasteiger partial charge in [0.2, 0.25) is 11.8 Å². The number of aromatic nitrogens is 2. The van der Waals surface area contributed by atoms with Gasteiger partial charge in [-0.3, -0.25) is 5.32 Å². The van der Waals surface area contributed by atoms with Crippen LogP contribution < -0.4 is 14.8 Å². The summed E-state index contributed by atoms with van der Waals surface area (Å²) in [5.41, 5.74) is 1.82. The number of hydrogen-bond acceptors (Lipinski definition) is 8. The Hall–Kier alpha value is -3.22. The van der Waals surface area contributed by atoms with E-state index in [2.05, 4.69) is 20.3 Å². The Morgan fingerprint density at radius 2 is 1.68 bits per heavy atom. The zero-order chi connectivity index (χ0) is 22.1. The molecule has 1 atom stereocenters. The van der Waals surface area contributed by atoms with Crippen LogP contribution in [0.3, 0.4) is 0 Å². The van der Waals surface area contributed by atoms with Gasteiger partial charge in [-0.05, 0) is 36.1 Å². The normalized spacial score (nSPS) is 12.0. The molecule has 0 aliphatic rings. The second kappa shape index (κ2) is 11.2. The predicted octanol–water partition coefficient (Wildman–Crippen LogP) is 4.80. The summed E-state index contributed by atoms with van der Waals surface area (Å²) in [6, 6.07) is 19.5. The van der Waals surface area contributed by atoms with Crippen LogP contribution in [0.4, 0.5) is 5.69 Å². The Balaban J connectivity index is 1.93. The number of nitrogens with one attached hydrogen (secondary N) is 1. The van der Waals surface area contributed by atoms with Crippen LogP contribution in [0.15, 0.2) is 70.6 Å². The fourth-order valence-electron chi connectivity index (χ4n) is 2.67. The molecule has 1 heterocycles. The largest absolute Gasteiger partial charge is 0.481 e. The highest BCUT2D eigenvalue weighted by Gasteiger charge is 2.21. The van der Waals surface area contributed by atoms with Gasteiger partial charge in [-0.1, -0.05) is 42.1 Å². The maximum Gasteiger partial charge on any atom is 0.220 e. The average Bonchev–Trinajstić information content (AvgIpc) is 2.83. The van der Waals surface area contributed by atoms with Crippen molar-refractivity contribution in [3.05, 3.63) is 72.1 Å². The zero-order valence-corrected chi connectivity index (χ0v) is 18.9. The number of nitrogens with zero attached hydrogens (tertiary/aromatic N) is 4. The summed E-state index contributed by atoms with van der Waals surface area (Å²) in [5.74, 6) is 1.49. The lowest BCUT2D eigenvalue weighted by molar-refractivity contribution is 0.368. The van der Waals surface area contributed by atoms with Gasteiger partial charge in [0, 0.05) is 4.90 Å². The van der Waals surface area contributed by atoms with E-state index >= 15 is 0 Å². The highest BCUT2D eigenvalue weighted by molar-refractivity contribution is 8.13. The minimum atomic E-state index is -0.165. The molecular weight excluding hydrogens is 430 g/mol. The molecule has 1 N–H and O–H groups in total. The molecule has 0 bridgehead atoms. The number of aliphatic imine (C=N–C) groups is 1. The van der Waals surface area contributed by atoms with E-state index in [9.17, 15) is 0 Å². The molecule has 9 heteroatoms. The molecule has 3 rings (SSSR count). The first kappa shape index (κ1) is 22.5. The maximum atomic E-state index is 8.79. The van der Waals surface area contributed by atoms with Crippen LogP contribution in [0.25, 0.3) is 0 Å². The summed E-state index contributed by atoms with van der Waals surface area (Å²) in [5, 5.41) is 11.7. The lowest BCUT2D eigenvalue weighted by Gasteiger charge is -2.17. The third-order valence-electron chi connectivity index (χ3n) is 4.13. The zero-order valence-electron chi connectivity index (χ0n) is 17.3. The lowest BCUT2D eigenvalue weighted by Crippen LogP contribution is -2.12. The molecule has 3 aromatic rings. The molecule has 158 valence electrons. The van der Waals surface area contributed by atoms with Gasteiger partial charge in [-0.2, -0.15) is 15.2 Å². The van der Waals surface area contributed by atoms with Crippen LogP contribution in [0.5, 0.6) is 11.8 Å². The molecule has 0 spiro atoms. The molecule has 7 nitrogen and oxygen atoms in total. The first-order valence-electron chi connectivity index (χ1n) is 9.23. The molecule has 0 radical (unpaired) electrons. The number of hydrogen-bond donors (Lipinski definition) is 1. The molecule has 31 heavy (non-hydrogen) atoms. The van der Waals surface area contributed by atoms with Gasteiger partial charge in [-0.15, -0.1) is 11.8 Å². The lowest BCUT2D eigenvalue weighted by atomic mass is 10.1. The van der Waals surface area contributed by atoms with Crippen molar-refractivity contribution < 1.29 is 9.47 Å². The minimum absolute atomic E-state index is 0.165. The highest BCUT2D eigenvalue weighted by atomic mass is 32.2. The van der Waals surface area contributed by atoms with Gasteiger partial charge < -0.3 is 9.47 Å². The second-order valence-electron chi connectivity index (χ2n) is 6.07. The van der Waals surface area contributed by atoms with Crippen LogP contribution in [0, 0.1) is 11.5 Å². The van der Waals surface area contributed by atoms with Gasteiger partial charge in [-0.25, -0.2) is 4.99 Å². The van der Waals surface area contributed by atoms with Crippen LogP contribution in [-0.4, -0.2) is 35.6 Å². The number of thioether (sulfide) groups is 2. The topological polar surface area (TPSA) is 92.4 Å². The SMILES string of the molecule is COc1cc(OC)nc(C(Sc2ccc(N=C(NC#N)SC)cc2)c2ccccc2)n1. The second-order valence-corrected chi connectivity index (χ2v) is 8.04. The van der Waals surface area contributed by atoms with Crippen molar-refractivity contribution in [1.82, 2.24) is 15.3 Å². The number of methoxy groups -OCH3 is 2. The molecular formula is C22H21N5O2S2. The molecule has 0 saturated carbocycles. The van der Waals surface area contributed by atoms with E-state index in [0.29, 0.717) is 22.8 Å². The molecule has 0 fully saturated rings. The van der Waals surface area contributed by atoms with E-state index in [1.165, 1.54) is 11.8 Å². The number of ether oxygens (including phenoxy) is 2. The van der Waals surface area contributed by atoms with Crippen molar-refractivity contribution in [3.63, 3.8) is 0 Å². The minimum Gasteiger partial charge on any atom is -0.481 e. The number of amidine groups is 1. The van der Waals surface area contributed by atoms with Gasteiger partial charge in [0.05, 0.1) is 31.2 Å². The molecule has 0 aliphatic carbocycles. The fraction of sp³-hybridized carbons (Fsp3) is 0.182. The van der Waals surface area contributed by atoms with E-state index in [4.69, 9.17) is 14.7 Å². The van der Waals surface area contributed by atoms with E-state index in [0.717, 1.165) is 16.1 Å². The third-order valence-corrected chi connectivity index (χ3v) is 5.97. The van der Waals surface area contributed by atoms with Crippen LogP contribution >= 0.6 is 23.5 Å². The molecule has 1 aromatic heterocycles. The van der Waals surface area contributed by atoms with E-state index < -0.39 is 0 Å². The molecule has 1 unspecified atom stereocenters. The van der Waals surface area contributed by atoms with E-state index in [1.54, 1.807) is 32.0 Å². The molecule has 0 saturated heterocycles. The predicted molar refractivity (Wildman–Crippen MR) is 125 cm³/mol. The summed E-state index contributed by atoms with van der Waals surface area (Å²) >= 11 is 3.00. The first-order chi connectivity index (χ1) is 15.2. The van der Waals surface area contributed by atoms with Crippen LogP contribution in [-0.2, 0) is 0 Å². The standard InChI is InChI=1S/C22H21N5O2S2/c1-28-18-13-19(29-2)27-21(26-18)20(15-7-5-4-6-8-15)31-17-11-9-16(10-12-17)25-22(30-3)24-14-23/h4-13,20H,1-3H3,(H,24,25). The van der Waals surface area contributed by atoms with Gasteiger partial charge >= 0.3 is 0 Å². The summed E-state index contributed by atoms with van der Waals surface area (Å²) < 4.78 is 10.7. The highest BCUT2D eigenvalue weighted by Crippen LogP contribution is 2.40. The average molecular weight is 452 g/mol. The molecule has 0 aliphatic heterocycles. The van der Waals surface area contributed by atoms with Gasteiger partial charge in [0.15, 0.2) is 17.2 Å². The summed E-state index contributed by atoms with van der Waals surface area (Å²) in [6.07, 6.45) is 3.75. The van der Waals surface area contributed by atoms with Crippen molar-refractivity contribution in [2.45, 2.75) is 10.1 Å². The summed E-state index contributed by atoms with van der Waals surface area (Å²) in [7, 11) is 3.14. The number of benzene rings is 2. The van der Waals surface area contributed by atoms with Crippen molar-refractivity contribution >= 4 is 34.4 Å². The monoisotopic (exact) mass is 451 g/mol. The Morgan fingerprint density at radius 3 is 2.23 bits per heavy atom. The van der Waals surface area contributed by atoms with Crippen molar-refractivity contribution in [1.29, 1.82) is 5.26 Å². The van der Waals surface area contributed by atoms with Crippen LogP contribution in [0.2, 0.25) is 0 Å². The fourth-order valence-corrected chi connectivity index (χ4v) is 4.08. The van der Waals surface area contributed by atoms with Crippen molar-refractivity contribution in [2.75, 3.05) is 20.5 Å². The Labute approximate surface area is 189 Å². The number of nitriles is 1. The first-order valence-corrected chi connectivity index (χ1v) is 11.3.